The Bertz CT molecular complexity index is 1000. The fourth-order valence-electron chi connectivity index (χ4n) is 6.05. The second-order valence-corrected chi connectivity index (χ2v) is 9.00. The maximum atomic E-state index is 13.0. The quantitative estimate of drug-likeness (QED) is 0.764. The van der Waals surface area contributed by atoms with Crippen LogP contribution in [0.25, 0.3) is 0 Å². The maximum absolute atomic E-state index is 13.0. The third kappa shape index (κ3) is 3.52. The van der Waals surface area contributed by atoms with Crippen molar-refractivity contribution in [2.45, 2.75) is 44.2 Å². The zero-order valence-corrected chi connectivity index (χ0v) is 17.9. The van der Waals surface area contributed by atoms with Crippen LogP contribution in [-0.2, 0) is 11.2 Å². The van der Waals surface area contributed by atoms with Gasteiger partial charge >= 0.3 is 0 Å². The van der Waals surface area contributed by atoms with Crippen LogP contribution in [0.15, 0.2) is 42.6 Å². The van der Waals surface area contributed by atoms with Crippen molar-refractivity contribution in [2.24, 2.45) is 11.8 Å². The third-order valence-corrected chi connectivity index (χ3v) is 7.32. The number of fused-ring (bicyclic) bond motifs is 4. The molecule has 4 atom stereocenters. The first kappa shape index (κ1) is 19.9. The van der Waals surface area contributed by atoms with Gasteiger partial charge in [-0.3, -0.25) is 4.79 Å². The van der Waals surface area contributed by atoms with E-state index in [9.17, 15) is 10.1 Å². The van der Waals surface area contributed by atoms with Gasteiger partial charge in [0.15, 0.2) is 0 Å². The van der Waals surface area contributed by atoms with Gasteiger partial charge in [0, 0.05) is 37.8 Å². The van der Waals surface area contributed by atoms with Gasteiger partial charge in [-0.2, -0.15) is 5.26 Å². The maximum Gasteiger partial charge on any atom is 0.233 e. The van der Waals surface area contributed by atoms with E-state index in [1.54, 1.807) is 13.3 Å². The first-order chi connectivity index (χ1) is 15.2. The van der Waals surface area contributed by atoms with Gasteiger partial charge in [0.05, 0.1) is 12.8 Å². The van der Waals surface area contributed by atoms with Gasteiger partial charge in [-0.25, -0.2) is 4.98 Å². The number of carbonyl (C=O) groups is 1. The number of amides is 1. The molecule has 2 aromatic rings. The monoisotopic (exact) mass is 416 g/mol. The van der Waals surface area contributed by atoms with Crippen LogP contribution in [0.1, 0.15) is 36.8 Å². The van der Waals surface area contributed by atoms with E-state index in [0.717, 1.165) is 44.5 Å². The van der Waals surface area contributed by atoms with Crippen LogP contribution in [0, 0.1) is 23.2 Å². The number of piperidine rings is 3. The molecule has 0 unspecified atom stereocenters. The van der Waals surface area contributed by atoms with Crippen LogP contribution in [0.5, 0.6) is 5.88 Å². The lowest BCUT2D eigenvalue weighted by molar-refractivity contribution is -0.148. The Labute approximate surface area is 183 Å². The van der Waals surface area contributed by atoms with Gasteiger partial charge in [-0.05, 0) is 49.1 Å². The first-order valence-corrected chi connectivity index (χ1v) is 11.2. The van der Waals surface area contributed by atoms with Crippen molar-refractivity contribution in [2.75, 3.05) is 25.1 Å². The number of rotatable bonds is 4. The average Bonchev–Trinajstić information content (AvgIpc) is 2.81. The molecule has 6 heteroatoms. The first-order valence-electron chi connectivity index (χ1n) is 11.2. The number of aromatic nitrogens is 1. The van der Waals surface area contributed by atoms with E-state index in [4.69, 9.17) is 4.74 Å². The highest BCUT2D eigenvalue weighted by atomic mass is 16.5. The SMILES string of the molecule is COc1nccc(N2C[C@H]3C[C@@H](C2)[C@H](Cc2ccccc2)N2C(=O)CCC[C@@H]32)c1C#N. The van der Waals surface area contributed by atoms with Crippen molar-refractivity contribution >= 4 is 11.6 Å². The molecule has 0 aliphatic carbocycles. The fourth-order valence-corrected chi connectivity index (χ4v) is 6.05. The molecular formula is C25H28N4O2. The highest BCUT2D eigenvalue weighted by molar-refractivity contribution is 5.78. The Morgan fingerprint density at radius 3 is 2.77 bits per heavy atom. The van der Waals surface area contributed by atoms with Gasteiger partial charge in [0.1, 0.15) is 11.6 Å². The normalized spacial score (nSPS) is 27.4. The number of carbonyl (C=O) groups excluding carboxylic acids is 1. The van der Waals surface area contributed by atoms with E-state index in [1.807, 2.05) is 12.1 Å². The molecule has 0 saturated carbocycles. The molecule has 0 spiro atoms. The van der Waals surface area contributed by atoms with Crippen LogP contribution in [0.2, 0.25) is 0 Å². The minimum absolute atomic E-state index is 0.202. The lowest BCUT2D eigenvalue weighted by Gasteiger charge is -2.57. The van der Waals surface area contributed by atoms with E-state index in [2.05, 4.69) is 45.1 Å². The Balaban J connectivity index is 1.50. The molecule has 160 valence electrons. The predicted molar refractivity (Wildman–Crippen MR) is 118 cm³/mol. The molecule has 2 bridgehead atoms. The van der Waals surface area contributed by atoms with E-state index < -0.39 is 0 Å². The molecule has 1 amide bonds. The zero-order chi connectivity index (χ0) is 21.4. The Hall–Kier alpha value is -3.07. The number of nitrogens with zero attached hydrogens (tertiary/aromatic N) is 4. The molecule has 1 aromatic carbocycles. The second-order valence-electron chi connectivity index (χ2n) is 9.00. The van der Waals surface area contributed by atoms with Crippen molar-refractivity contribution in [3.63, 3.8) is 0 Å². The Kier molecular flexibility index (Phi) is 5.27. The number of ether oxygens (including phenoxy) is 1. The zero-order valence-electron chi connectivity index (χ0n) is 17.9. The largest absolute Gasteiger partial charge is 0.480 e. The minimum atomic E-state index is 0.202. The number of hydrogen-bond acceptors (Lipinski definition) is 5. The van der Waals surface area contributed by atoms with Crippen LogP contribution < -0.4 is 9.64 Å². The summed E-state index contributed by atoms with van der Waals surface area (Å²) in [5, 5.41) is 9.78. The van der Waals surface area contributed by atoms with E-state index in [-0.39, 0.29) is 6.04 Å². The lowest BCUT2D eigenvalue weighted by atomic mass is 9.70. The molecule has 6 nitrogen and oxygen atoms in total. The van der Waals surface area contributed by atoms with Crippen molar-refractivity contribution in [3.05, 3.63) is 53.7 Å². The van der Waals surface area contributed by atoms with Crippen molar-refractivity contribution < 1.29 is 9.53 Å². The molecule has 5 rings (SSSR count). The fraction of sp³-hybridized carbons (Fsp3) is 0.480. The molecule has 4 heterocycles. The molecule has 3 aliphatic rings. The van der Waals surface area contributed by atoms with Crippen LogP contribution in [-0.4, -0.2) is 48.1 Å². The van der Waals surface area contributed by atoms with Gasteiger partial charge < -0.3 is 14.5 Å². The van der Waals surface area contributed by atoms with Crippen LogP contribution >= 0.6 is 0 Å². The number of hydrogen-bond donors (Lipinski definition) is 0. The summed E-state index contributed by atoms with van der Waals surface area (Å²) in [6.45, 7) is 1.71. The number of pyridine rings is 1. The van der Waals surface area contributed by atoms with E-state index in [0.29, 0.717) is 41.6 Å². The molecule has 0 radical (unpaired) electrons. The average molecular weight is 417 g/mol. The van der Waals surface area contributed by atoms with Crippen molar-refractivity contribution in [3.8, 4) is 11.9 Å². The number of benzene rings is 1. The summed E-state index contributed by atoms with van der Waals surface area (Å²) in [5.74, 6) is 1.51. The molecule has 0 N–H and O–H groups in total. The molecule has 1 aromatic heterocycles. The van der Waals surface area contributed by atoms with Crippen molar-refractivity contribution in [1.82, 2.24) is 9.88 Å². The van der Waals surface area contributed by atoms with Crippen LogP contribution in [0.3, 0.4) is 0 Å². The summed E-state index contributed by atoms with van der Waals surface area (Å²) in [5.41, 5.74) is 2.68. The van der Waals surface area contributed by atoms with Crippen molar-refractivity contribution in [1.29, 1.82) is 5.26 Å². The van der Waals surface area contributed by atoms with Crippen LogP contribution in [0.4, 0.5) is 5.69 Å². The lowest BCUT2D eigenvalue weighted by Crippen LogP contribution is -2.65. The third-order valence-electron chi connectivity index (χ3n) is 7.32. The summed E-state index contributed by atoms with van der Waals surface area (Å²) in [4.78, 5) is 21.9. The molecule has 3 fully saturated rings. The topological polar surface area (TPSA) is 69.5 Å². The summed E-state index contributed by atoms with van der Waals surface area (Å²) in [6.07, 6.45) is 6.48. The predicted octanol–water partition coefficient (Wildman–Crippen LogP) is 3.41. The standard InChI is InChI=1S/C25H28N4O2/c1-31-25-20(14-26)22(10-11-27-25)28-15-18-13-19(16-28)23(12-17-6-3-2-4-7-17)29-21(18)8-5-9-24(29)30/h2-4,6-7,10-11,18-19,21,23H,5,8-9,12-13,15-16H2,1H3/t18-,19+,21+,23+/m1/s1. The Morgan fingerprint density at radius 2 is 2.00 bits per heavy atom. The smallest absolute Gasteiger partial charge is 0.233 e. The molecule has 3 aliphatic heterocycles. The summed E-state index contributed by atoms with van der Waals surface area (Å²) in [7, 11) is 1.55. The van der Waals surface area contributed by atoms with E-state index >= 15 is 0 Å². The number of anilines is 1. The summed E-state index contributed by atoms with van der Waals surface area (Å²) >= 11 is 0. The molecule has 3 saturated heterocycles. The number of nitriles is 1. The number of methoxy groups -OCH3 is 1. The highest BCUT2D eigenvalue weighted by Gasteiger charge is 2.49. The minimum Gasteiger partial charge on any atom is -0.480 e. The molecule has 31 heavy (non-hydrogen) atoms. The van der Waals surface area contributed by atoms with Gasteiger partial charge in [0.2, 0.25) is 11.8 Å². The van der Waals surface area contributed by atoms with Gasteiger partial charge in [-0.15, -0.1) is 0 Å². The summed E-state index contributed by atoms with van der Waals surface area (Å²) < 4.78 is 5.35. The van der Waals surface area contributed by atoms with Gasteiger partial charge in [-0.1, -0.05) is 30.3 Å². The second kappa shape index (κ2) is 8.22. The van der Waals surface area contributed by atoms with E-state index in [1.165, 1.54) is 5.56 Å². The van der Waals surface area contributed by atoms with Gasteiger partial charge in [0.25, 0.3) is 0 Å². The summed E-state index contributed by atoms with van der Waals surface area (Å²) in [6, 6.07) is 15.2. The highest BCUT2D eigenvalue weighted by Crippen LogP contribution is 2.44. The Morgan fingerprint density at radius 1 is 1.19 bits per heavy atom. The molecular weight excluding hydrogens is 388 g/mol.